The largest absolute Gasteiger partial charge is 0.400 e. The number of rotatable bonds is 10. The minimum absolute atomic E-state index is 0.123. The second-order valence-electron chi connectivity index (χ2n) is 15.1. The van der Waals surface area contributed by atoms with E-state index >= 15 is 0 Å². The van der Waals surface area contributed by atoms with Gasteiger partial charge in [0, 0.05) is 42.7 Å². The monoisotopic (exact) mass is 821 g/mol. The maximum absolute atomic E-state index is 12.3. The van der Waals surface area contributed by atoms with Crippen molar-refractivity contribution in [2.45, 2.75) is 144 Å². The van der Waals surface area contributed by atoms with E-state index in [1.165, 1.54) is 25.7 Å². The van der Waals surface area contributed by atoms with Gasteiger partial charge in [0.25, 0.3) is 0 Å². The standard InChI is InChI=1S/C26H40N2O11.C13H19N3O.CH4O/c29-11-17-20(32)21(33)23(35)25(38-17)39-24-18(12-30)37-16(19(31)22(24)34)10-13-6-8-15(9-7-13)28-26(36)27-14-4-2-1-3-5-14;14-10-6-8-12(9-7-10)16-13(17)15-11-4-2-1-3-5-11;1-2/h6-9,14,16-25,29-35H,1-5,10-12H2,(H2,27,28,36);6-9,11H,1-5,14H2,(H2,15,16,17);2H,1H3/t16-,17?,18?,19?,20-,21?,22+,23-,24+,25?;;/m0../s1. The summed E-state index contributed by atoms with van der Waals surface area (Å²) in [6.07, 6.45) is -2.73. The van der Waals surface area contributed by atoms with Crippen LogP contribution in [0.2, 0.25) is 0 Å². The molecule has 2 aliphatic carbocycles. The van der Waals surface area contributed by atoms with Crippen molar-refractivity contribution in [1.82, 2.24) is 10.6 Å². The van der Waals surface area contributed by atoms with E-state index in [4.69, 9.17) is 25.1 Å². The number of carbonyl (C=O) groups excluding carboxylic acids is 2. The zero-order valence-electron chi connectivity index (χ0n) is 32.9. The number of hydrogen-bond acceptors (Lipinski definition) is 14. The molecule has 0 bridgehead atoms. The van der Waals surface area contributed by atoms with Crippen molar-refractivity contribution in [3.05, 3.63) is 54.1 Å². The molecule has 4 fully saturated rings. The molecule has 0 radical (unpaired) electrons. The van der Waals surface area contributed by atoms with Gasteiger partial charge in [-0.05, 0) is 67.6 Å². The van der Waals surface area contributed by atoms with Gasteiger partial charge in [-0.1, -0.05) is 50.7 Å². The lowest BCUT2D eigenvalue weighted by molar-refractivity contribution is -0.342. The predicted molar refractivity (Wildman–Crippen MR) is 214 cm³/mol. The van der Waals surface area contributed by atoms with Crippen molar-refractivity contribution in [2.75, 3.05) is 36.7 Å². The quantitative estimate of drug-likeness (QED) is 0.147. The number of hydrogen-bond donors (Lipinski definition) is 13. The minimum Gasteiger partial charge on any atom is -0.400 e. The minimum atomic E-state index is -1.72. The first-order valence-corrected chi connectivity index (χ1v) is 20.1. The van der Waals surface area contributed by atoms with Gasteiger partial charge in [-0.2, -0.15) is 0 Å². The highest BCUT2D eigenvalue weighted by molar-refractivity contribution is 5.90. The average Bonchev–Trinajstić information content (AvgIpc) is 3.23. The van der Waals surface area contributed by atoms with Crippen LogP contribution in [0.4, 0.5) is 26.7 Å². The van der Waals surface area contributed by atoms with E-state index in [0.29, 0.717) is 17.4 Å². The van der Waals surface area contributed by atoms with Crippen LogP contribution in [0, 0.1) is 0 Å². The molecule has 10 atom stereocenters. The maximum Gasteiger partial charge on any atom is 0.319 e. The summed E-state index contributed by atoms with van der Waals surface area (Å²) in [5.74, 6) is 0. The van der Waals surface area contributed by atoms with Crippen LogP contribution in [0.3, 0.4) is 0 Å². The summed E-state index contributed by atoms with van der Waals surface area (Å²) in [6.45, 7) is -1.26. The summed E-state index contributed by atoms with van der Waals surface area (Å²) in [5.41, 5.74) is 8.39. The van der Waals surface area contributed by atoms with Crippen molar-refractivity contribution >= 4 is 29.1 Å². The molecule has 18 heteroatoms. The lowest BCUT2D eigenvalue weighted by Crippen LogP contribution is -2.64. The number of ether oxygens (including phenoxy) is 3. The normalized spacial score (nSPS) is 30.4. The molecule has 14 N–H and O–H groups in total. The van der Waals surface area contributed by atoms with Gasteiger partial charge >= 0.3 is 12.1 Å². The van der Waals surface area contributed by atoms with Gasteiger partial charge in [-0.25, -0.2) is 9.59 Å². The van der Waals surface area contributed by atoms with Crippen LogP contribution in [0.1, 0.15) is 69.8 Å². The molecule has 4 amide bonds. The number of nitrogens with two attached hydrogens (primary N) is 1. The number of carbonyl (C=O) groups is 2. The molecule has 2 heterocycles. The number of nitrogen functional groups attached to an aromatic ring is 1. The van der Waals surface area contributed by atoms with Gasteiger partial charge in [0.15, 0.2) is 6.29 Å². The fourth-order valence-corrected chi connectivity index (χ4v) is 7.56. The summed E-state index contributed by atoms with van der Waals surface area (Å²) >= 11 is 0. The van der Waals surface area contributed by atoms with E-state index in [-0.39, 0.29) is 24.5 Å². The third-order valence-corrected chi connectivity index (χ3v) is 10.8. The van der Waals surface area contributed by atoms with E-state index in [9.17, 15) is 45.3 Å². The lowest BCUT2D eigenvalue weighted by Gasteiger charge is -2.46. The van der Waals surface area contributed by atoms with Crippen LogP contribution < -0.4 is 27.0 Å². The summed E-state index contributed by atoms with van der Waals surface area (Å²) in [5, 5.41) is 89.6. The number of urea groups is 2. The number of anilines is 3. The van der Waals surface area contributed by atoms with Crippen LogP contribution in [-0.2, 0) is 20.6 Å². The molecular weight excluding hydrogens is 758 g/mol. The molecule has 0 aromatic heterocycles. The molecule has 2 aromatic rings. The van der Waals surface area contributed by atoms with Gasteiger partial charge in [0.05, 0.1) is 19.3 Å². The Morgan fingerprint density at radius 3 is 1.57 bits per heavy atom. The fraction of sp³-hybridized carbons (Fsp3) is 0.650. The van der Waals surface area contributed by atoms with Crippen LogP contribution in [0.5, 0.6) is 0 Å². The Hall–Kier alpha value is -3.66. The van der Waals surface area contributed by atoms with E-state index in [2.05, 4.69) is 21.3 Å². The molecule has 5 unspecified atom stereocenters. The fourth-order valence-electron chi connectivity index (χ4n) is 7.56. The van der Waals surface area contributed by atoms with Crippen LogP contribution in [0.15, 0.2) is 48.5 Å². The van der Waals surface area contributed by atoms with Crippen LogP contribution in [-0.4, -0.2) is 147 Å². The Morgan fingerprint density at radius 2 is 1.09 bits per heavy atom. The summed E-state index contributed by atoms with van der Waals surface area (Å²) < 4.78 is 16.7. The van der Waals surface area contributed by atoms with Gasteiger partial charge in [-0.3, -0.25) is 0 Å². The summed E-state index contributed by atoms with van der Waals surface area (Å²) in [6, 6.07) is 14.2. The molecule has 2 saturated carbocycles. The van der Waals surface area contributed by atoms with E-state index < -0.39 is 74.4 Å². The lowest BCUT2D eigenvalue weighted by atomic mass is 9.91. The Kier molecular flexibility index (Phi) is 19.3. The van der Waals surface area contributed by atoms with Crippen molar-refractivity contribution in [3.63, 3.8) is 0 Å². The Labute approximate surface area is 338 Å². The third-order valence-electron chi connectivity index (χ3n) is 10.8. The molecule has 58 heavy (non-hydrogen) atoms. The topological polar surface area (TPSA) is 298 Å². The Bertz CT molecular complexity index is 1490. The number of benzene rings is 2. The summed E-state index contributed by atoms with van der Waals surface area (Å²) in [7, 11) is 1.00. The first kappa shape index (κ1) is 47.0. The number of aliphatic hydroxyl groups is 8. The van der Waals surface area contributed by atoms with Gasteiger partial charge in [-0.15, -0.1) is 0 Å². The van der Waals surface area contributed by atoms with Gasteiger partial charge in [0.2, 0.25) is 0 Å². The SMILES string of the molecule is CO.Nc1ccc(NC(=O)NC2CCCCC2)cc1.O=C(Nc1ccc(C[C@@H]2OC(CO)[C@@H](OC3OC(CO)[C@H](O)C(O)[C@@H]3O)[C@H](O)C2O)cc1)NC1CCCCC1. The first-order chi connectivity index (χ1) is 27.9. The van der Waals surface area contributed by atoms with Gasteiger partial charge < -0.3 is 82.1 Å². The van der Waals surface area contributed by atoms with Crippen molar-refractivity contribution in [2.24, 2.45) is 0 Å². The third kappa shape index (κ3) is 13.7. The van der Waals surface area contributed by atoms with Crippen LogP contribution >= 0.6 is 0 Å². The van der Waals surface area contributed by atoms with Crippen molar-refractivity contribution < 1.29 is 64.7 Å². The maximum atomic E-state index is 12.3. The van der Waals surface area contributed by atoms with E-state index in [0.717, 1.165) is 56.9 Å². The average molecular weight is 822 g/mol. The highest BCUT2D eigenvalue weighted by Gasteiger charge is 2.50. The second kappa shape index (κ2) is 23.8. The number of aliphatic hydroxyl groups excluding tert-OH is 8. The molecule has 2 aliphatic heterocycles. The highest BCUT2D eigenvalue weighted by atomic mass is 16.7. The zero-order valence-corrected chi connectivity index (χ0v) is 32.9. The second-order valence-corrected chi connectivity index (χ2v) is 15.1. The predicted octanol–water partition coefficient (Wildman–Crippen LogP) is 0.681. The number of nitrogens with one attached hydrogen (secondary N) is 4. The van der Waals surface area contributed by atoms with Crippen molar-refractivity contribution in [3.8, 4) is 0 Å². The molecule has 0 spiro atoms. The molecule has 2 saturated heterocycles. The molecule has 4 aliphatic rings. The molecule has 6 rings (SSSR count). The first-order valence-electron chi connectivity index (χ1n) is 20.1. The molecule has 326 valence electrons. The number of amides is 4. The Balaban J connectivity index is 0.000000325. The Morgan fingerprint density at radius 1 is 0.621 bits per heavy atom. The van der Waals surface area contributed by atoms with E-state index in [1.807, 2.05) is 0 Å². The molecule has 18 nitrogen and oxygen atoms in total. The van der Waals surface area contributed by atoms with Crippen LogP contribution in [0.25, 0.3) is 0 Å². The van der Waals surface area contributed by atoms with Gasteiger partial charge in [0.1, 0.15) is 48.8 Å². The van der Waals surface area contributed by atoms with Crippen molar-refractivity contribution in [1.29, 1.82) is 0 Å². The highest BCUT2D eigenvalue weighted by Crippen LogP contribution is 2.30. The molecular formula is C40H63N5O13. The molecule has 2 aromatic carbocycles. The smallest absolute Gasteiger partial charge is 0.319 e. The summed E-state index contributed by atoms with van der Waals surface area (Å²) in [4.78, 5) is 24.0. The van der Waals surface area contributed by atoms with E-state index in [1.54, 1.807) is 48.5 Å². The zero-order chi connectivity index (χ0) is 42.2.